The van der Waals surface area contributed by atoms with Crippen LogP contribution in [0.15, 0.2) is 12.1 Å². The first-order valence-corrected chi connectivity index (χ1v) is 8.11. The van der Waals surface area contributed by atoms with Gasteiger partial charge in [0.15, 0.2) is 11.6 Å². The van der Waals surface area contributed by atoms with Crippen LogP contribution in [-0.2, 0) is 0 Å². The molecule has 1 aromatic carbocycles. The lowest BCUT2D eigenvalue weighted by atomic mass is 9.72. The van der Waals surface area contributed by atoms with Gasteiger partial charge in [0.2, 0.25) is 0 Å². The predicted octanol–water partition coefficient (Wildman–Crippen LogP) is 3.40. The molecule has 0 saturated heterocycles. The van der Waals surface area contributed by atoms with Crippen molar-refractivity contribution in [3.8, 4) is 12.3 Å². The van der Waals surface area contributed by atoms with E-state index in [0.29, 0.717) is 13.0 Å². The molecule has 6 heteroatoms. The van der Waals surface area contributed by atoms with E-state index in [0.717, 1.165) is 44.2 Å². The summed E-state index contributed by atoms with van der Waals surface area (Å²) in [5.74, 6) is 0.313. The van der Waals surface area contributed by atoms with Crippen LogP contribution in [0.2, 0.25) is 0 Å². The van der Waals surface area contributed by atoms with E-state index in [9.17, 15) is 18.7 Å². The molecule has 0 unspecified atom stereocenters. The third kappa shape index (κ3) is 4.45. The van der Waals surface area contributed by atoms with Crippen molar-refractivity contribution in [1.29, 1.82) is 0 Å². The summed E-state index contributed by atoms with van der Waals surface area (Å²) in [5.41, 5.74) is -0.596. The molecule has 0 aromatic heterocycles. The number of terminal acetylenes is 1. The first-order chi connectivity index (χ1) is 11.5. The Hall–Kier alpha value is -2.13. The van der Waals surface area contributed by atoms with Crippen LogP contribution in [0, 0.1) is 29.4 Å². The number of carbonyl (C=O) groups is 1. The van der Waals surface area contributed by atoms with Gasteiger partial charge < -0.3 is 15.7 Å². The van der Waals surface area contributed by atoms with Gasteiger partial charge in [0.05, 0.1) is 0 Å². The lowest BCUT2D eigenvalue weighted by Crippen LogP contribution is -2.41. The van der Waals surface area contributed by atoms with E-state index in [1.54, 1.807) is 0 Å². The summed E-state index contributed by atoms with van der Waals surface area (Å²) in [6, 6.07) is 1.31. The van der Waals surface area contributed by atoms with Crippen molar-refractivity contribution in [2.45, 2.75) is 38.5 Å². The van der Waals surface area contributed by atoms with Crippen molar-refractivity contribution in [1.82, 2.24) is 5.32 Å². The van der Waals surface area contributed by atoms with Gasteiger partial charge in [-0.25, -0.2) is 13.6 Å². The number of hydrogen-bond acceptors (Lipinski definition) is 2. The Balaban J connectivity index is 1.99. The van der Waals surface area contributed by atoms with Crippen LogP contribution < -0.4 is 10.6 Å². The molecule has 1 aromatic rings. The molecule has 1 aliphatic carbocycles. The van der Waals surface area contributed by atoms with Crippen molar-refractivity contribution in [3.63, 3.8) is 0 Å². The van der Waals surface area contributed by atoms with Gasteiger partial charge in [-0.05, 0) is 36.8 Å². The molecule has 1 fully saturated rings. The first-order valence-electron chi connectivity index (χ1n) is 8.11. The number of halogens is 2. The Morgan fingerprint density at radius 1 is 1.25 bits per heavy atom. The maximum Gasteiger partial charge on any atom is 0.319 e. The minimum Gasteiger partial charge on any atom is -0.396 e. The van der Waals surface area contributed by atoms with Crippen molar-refractivity contribution in [3.05, 3.63) is 29.3 Å². The molecule has 1 saturated carbocycles. The summed E-state index contributed by atoms with van der Waals surface area (Å²) < 4.78 is 27.7. The fraction of sp³-hybridized carbons (Fsp3) is 0.500. The third-order valence-electron chi connectivity index (χ3n) is 4.63. The van der Waals surface area contributed by atoms with Crippen molar-refractivity contribution < 1.29 is 18.7 Å². The summed E-state index contributed by atoms with van der Waals surface area (Å²) in [7, 11) is 0. The number of urea groups is 1. The van der Waals surface area contributed by atoms with Gasteiger partial charge in [0.1, 0.15) is 5.69 Å². The number of nitrogens with one attached hydrogen (secondary N) is 2. The highest BCUT2D eigenvalue weighted by Gasteiger charge is 2.31. The topological polar surface area (TPSA) is 61.4 Å². The average Bonchev–Trinajstić information content (AvgIpc) is 2.57. The smallest absolute Gasteiger partial charge is 0.319 e. The maximum atomic E-state index is 13.8. The fourth-order valence-corrected chi connectivity index (χ4v) is 3.26. The number of rotatable bonds is 5. The van der Waals surface area contributed by atoms with Gasteiger partial charge in [-0.2, -0.15) is 0 Å². The van der Waals surface area contributed by atoms with Crippen LogP contribution in [-0.4, -0.2) is 24.3 Å². The van der Waals surface area contributed by atoms with Crippen LogP contribution in [0.3, 0.4) is 0 Å². The molecule has 3 N–H and O–H groups in total. The Morgan fingerprint density at radius 2 is 1.88 bits per heavy atom. The molecule has 0 spiro atoms. The minimum atomic E-state index is -0.916. The second-order valence-corrected chi connectivity index (χ2v) is 6.30. The molecule has 1 aliphatic rings. The van der Waals surface area contributed by atoms with Gasteiger partial charge in [-0.15, -0.1) is 6.42 Å². The molecule has 2 rings (SSSR count). The zero-order valence-electron chi connectivity index (χ0n) is 13.5. The zero-order chi connectivity index (χ0) is 17.6. The van der Waals surface area contributed by atoms with E-state index in [2.05, 4.69) is 16.6 Å². The van der Waals surface area contributed by atoms with E-state index in [1.165, 1.54) is 0 Å². The van der Waals surface area contributed by atoms with Crippen LogP contribution in [0.25, 0.3) is 0 Å². The lowest BCUT2D eigenvalue weighted by molar-refractivity contribution is 0.128. The summed E-state index contributed by atoms with van der Waals surface area (Å²) in [6.45, 7) is 0.422. The van der Waals surface area contributed by atoms with E-state index in [4.69, 9.17) is 6.42 Å². The average molecular weight is 336 g/mol. The van der Waals surface area contributed by atoms with E-state index in [1.807, 2.05) is 0 Å². The molecule has 130 valence electrons. The molecule has 0 heterocycles. The highest BCUT2D eigenvalue weighted by Crippen LogP contribution is 2.38. The number of aliphatic hydroxyl groups excluding tert-OH is 1. The Labute approximate surface area is 140 Å². The lowest BCUT2D eigenvalue weighted by Gasteiger charge is -2.37. The van der Waals surface area contributed by atoms with Gasteiger partial charge >= 0.3 is 6.03 Å². The molecular weight excluding hydrogens is 314 g/mol. The van der Waals surface area contributed by atoms with Crippen LogP contribution in [0.1, 0.15) is 44.1 Å². The molecule has 2 amide bonds. The van der Waals surface area contributed by atoms with Gasteiger partial charge in [0.25, 0.3) is 0 Å². The molecule has 24 heavy (non-hydrogen) atoms. The third-order valence-corrected chi connectivity index (χ3v) is 4.63. The second kappa shape index (κ2) is 8.11. The summed E-state index contributed by atoms with van der Waals surface area (Å²) in [4.78, 5) is 12.0. The number of amides is 2. The summed E-state index contributed by atoms with van der Waals surface area (Å²) >= 11 is 0. The Bertz CT molecular complexity index is 606. The van der Waals surface area contributed by atoms with Crippen molar-refractivity contribution >= 4 is 11.7 Å². The van der Waals surface area contributed by atoms with Crippen LogP contribution in [0.5, 0.6) is 0 Å². The Morgan fingerprint density at radius 3 is 2.42 bits per heavy atom. The maximum absolute atomic E-state index is 13.8. The predicted molar refractivity (Wildman–Crippen MR) is 88.5 cm³/mol. The second-order valence-electron chi connectivity index (χ2n) is 6.30. The standard InChI is InChI=1S/C18H22F2N2O2/c1-2-13-10-14(19)16(15(20)11-13)22-17(24)21-12-18(8-9-23)6-4-3-5-7-18/h1,10-11,23H,3-9,12H2,(H2,21,22,24). The zero-order valence-corrected chi connectivity index (χ0v) is 13.5. The van der Waals surface area contributed by atoms with Gasteiger partial charge in [-0.3, -0.25) is 0 Å². The largest absolute Gasteiger partial charge is 0.396 e. The number of anilines is 1. The van der Waals surface area contributed by atoms with E-state index in [-0.39, 0.29) is 17.6 Å². The SMILES string of the molecule is C#Cc1cc(F)c(NC(=O)NCC2(CCO)CCCCC2)c(F)c1. The molecular formula is C18H22F2N2O2. The minimum absolute atomic E-state index is 0.0557. The molecule has 0 radical (unpaired) electrons. The molecule has 0 atom stereocenters. The highest BCUT2D eigenvalue weighted by molar-refractivity contribution is 5.89. The highest BCUT2D eigenvalue weighted by atomic mass is 19.1. The molecule has 0 aliphatic heterocycles. The molecule has 0 bridgehead atoms. The Kier molecular flexibility index (Phi) is 6.16. The molecule has 4 nitrogen and oxygen atoms in total. The summed E-state index contributed by atoms with van der Waals surface area (Å²) in [5, 5.41) is 14.1. The first kappa shape index (κ1) is 18.2. The number of carbonyl (C=O) groups excluding carboxylic acids is 1. The van der Waals surface area contributed by atoms with Crippen LogP contribution in [0.4, 0.5) is 19.3 Å². The fourth-order valence-electron chi connectivity index (χ4n) is 3.26. The van der Waals surface area contributed by atoms with E-state index >= 15 is 0 Å². The van der Waals surface area contributed by atoms with Crippen molar-refractivity contribution in [2.75, 3.05) is 18.5 Å². The normalized spacial score (nSPS) is 16.2. The number of hydrogen-bond donors (Lipinski definition) is 3. The quantitative estimate of drug-likeness (QED) is 0.722. The van der Waals surface area contributed by atoms with Gasteiger partial charge in [-0.1, -0.05) is 25.2 Å². The van der Waals surface area contributed by atoms with E-state index < -0.39 is 23.4 Å². The summed E-state index contributed by atoms with van der Waals surface area (Å²) in [6.07, 6.45) is 10.8. The number of aliphatic hydroxyl groups is 1. The van der Waals surface area contributed by atoms with Gasteiger partial charge in [0, 0.05) is 18.7 Å². The van der Waals surface area contributed by atoms with Crippen molar-refractivity contribution in [2.24, 2.45) is 5.41 Å². The number of benzene rings is 1. The monoisotopic (exact) mass is 336 g/mol. The van der Waals surface area contributed by atoms with Crippen LogP contribution >= 0.6 is 0 Å².